The smallest absolute Gasteiger partial charge is 0.0960 e. The molecule has 0 radical (unpaired) electrons. The summed E-state index contributed by atoms with van der Waals surface area (Å²) in [7, 11) is 2.19. The van der Waals surface area contributed by atoms with Crippen molar-refractivity contribution in [3.8, 4) is 0 Å². The molecule has 1 aromatic heterocycles. The molecule has 0 unspecified atom stereocenters. The summed E-state index contributed by atoms with van der Waals surface area (Å²) in [6, 6.07) is 0. The molecule has 5 heteroatoms. The van der Waals surface area contributed by atoms with Gasteiger partial charge in [0.05, 0.1) is 29.3 Å². The SMILES string of the molecule is CN1CCC(c2nc(C3(CN)COC3)cs2)CC1. The molecule has 0 saturated carbocycles. The van der Waals surface area contributed by atoms with Gasteiger partial charge in [0, 0.05) is 17.8 Å². The number of hydrogen-bond donors (Lipinski definition) is 1. The molecule has 2 fully saturated rings. The van der Waals surface area contributed by atoms with Crippen molar-refractivity contribution >= 4 is 11.3 Å². The topological polar surface area (TPSA) is 51.4 Å². The quantitative estimate of drug-likeness (QED) is 0.893. The summed E-state index contributed by atoms with van der Waals surface area (Å²) < 4.78 is 5.33. The van der Waals surface area contributed by atoms with Gasteiger partial charge in [0.1, 0.15) is 0 Å². The molecule has 0 spiro atoms. The monoisotopic (exact) mass is 267 g/mol. The molecule has 1 aromatic rings. The van der Waals surface area contributed by atoms with Crippen LogP contribution in [0.25, 0.3) is 0 Å². The minimum Gasteiger partial charge on any atom is -0.379 e. The van der Waals surface area contributed by atoms with E-state index in [0.29, 0.717) is 12.5 Å². The van der Waals surface area contributed by atoms with Gasteiger partial charge in [0.25, 0.3) is 0 Å². The van der Waals surface area contributed by atoms with E-state index in [-0.39, 0.29) is 5.41 Å². The van der Waals surface area contributed by atoms with E-state index in [1.807, 2.05) is 11.3 Å². The molecule has 2 saturated heterocycles. The molecular formula is C13H21N3OS. The van der Waals surface area contributed by atoms with Crippen molar-refractivity contribution in [1.82, 2.24) is 9.88 Å². The van der Waals surface area contributed by atoms with Crippen LogP contribution in [0.2, 0.25) is 0 Å². The summed E-state index contributed by atoms with van der Waals surface area (Å²) in [5.41, 5.74) is 7.06. The van der Waals surface area contributed by atoms with Gasteiger partial charge in [-0.1, -0.05) is 0 Å². The van der Waals surface area contributed by atoms with Gasteiger partial charge in [0.15, 0.2) is 0 Å². The fourth-order valence-electron chi connectivity index (χ4n) is 2.69. The molecule has 0 bridgehead atoms. The molecular weight excluding hydrogens is 246 g/mol. The van der Waals surface area contributed by atoms with Crippen LogP contribution in [0.4, 0.5) is 0 Å². The lowest BCUT2D eigenvalue weighted by Gasteiger charge is -2.39. The molecule has 2 aliphatic rings. The molecule has 3 rings (SSSR count). The van der Waals surface area contributed by atoms with Gasteiger partial charge in [-0.2, -0.15) is 0 Å². The Balaban J connectivity index is 1.73. The van der Waals surface area contributed by atoms with Crippen molar-refractivity contribution in [2.75, 3.05) is 39.9 Å². The highest BCUT2D eigenvalue weighted by atomic mass is 32.1. The molecule has 2 N–H and O–H groups in total. The summed E-state index contributed by atoms with van der Waals surface area (Å²) in [6.07, 6.45) is 2.46. The predicted molar refractivity (Wildman–Crippen MR) is 73.1 cm³/mol. The second-order valence-electron chi connectivity index (χ2n) is 5.63. The minimum atomic E-state index is 0.0141. The number of nitrogens with two attached hydrogens (primary N) is 1. The lowest BCUT2D eigenvalue weighted by Crippen LogP contribution is -2.52. The maximum Gasteiger partial charge on any atom is 0.0960 e. The fraction of sp³-hybridized carbons (Fsp3) is 0.769. The van der Waals surface area contributed by atoms with E-state index >= 15 is 0 Å². The zero-order chi connectivity index (χ0) is 12.6. The lowest BCUT2D eigenvalue weighted by atomic mass is 9.83. The van der Waals surface area contributed by atoms with Crippen molar-refractivity contribution in [2.24, 2.45) is 5.73 Å². The highest BCUT2D eigenvalue weighted by molar-refractivity contribution is 7.09. The van der Waals surface area contributed by atoms with E-state index in [1.54, 1.807) is 0 Å². The first-order valence-corrected chi connectivity index (χ1v) is 7.54. The van der Waals surface area contributed by atoms with Gasteiger partial charge >= 0.3 is 0 Å². The molecule has 0 aromatic carbocycles. The first-order valence-electron chi connectivity index (χ1n) is 6.66. The Morgan fingerprint density at radius 2 is 2.22 bits per heavy atom. The highest BCUT2D eigenvalue weighted by Gasteiger charge is 2.41. The Kier molecular flexibility index (Phi) is 3.40. The molecule has 0 atom stereocenters. The number of ether oxygens (including phenoxy) is 1. The summed E-state index contributed by atoms with van der Waals surface area (Å²) in [5, 5.41) is 3.50. The molecule has 2 aliphatic heterocycles. The number of piperidine rings is 1. The van der Waals surface area contributed by atoms with Crippen LogP contribution in [-0.2, 0) is 10.2 Å². The van der Waals surface area contributed by atoms with Crippen LogP contribution in [-0.4, -0.2) is 49.8 Å². The highest BCUT2D eigenvalue weighted by Crippen LogP contribution is 2.36. The number of likely N-dealkylation sites (tertiary alicyclic amines) is 1. The summed E-state index contributed by atoms with van der Waals surface area (Å²) >= 11 is 1.81. The van der Waals surface area contributed by atoms with Gasteiger partial charge in [-0.15, -0.1) is 11.3 Å². The summed E-state index contributed by atoms with van der Waals surface area (Å²) in [5.74, 6) is 0.649. The molecule has 3 heterocycles. The Labute approximate surface area is 112 Å². The third kappa shape index (κ3) is 2.09. The Hall–Kier alpha value is -0.490. The van der Waals surface area contributed by atoms with E-state index in [9.17, 15) is 0 Å². The maximum atomic E-state index is 5.88. The van der Waals surface area contributed by atoms with Crippen LogP contribution in [0.3, 0.4) is 0 Å². The largest absolute Gasteiger partial charge is 0.379 e. The number of hydrogen-bond acceptors (Lipinski definition) is 5. The second kappa shape index (κ2) is 4.89. The van der Waals surface area contributed by atoms with E-state index in [4.69, 9.17) is 15.5 Å². The van der Waals surface area contributed by atoms with Crippen molar-refractivity contribution in [1.29, 1.82) is 0 Å². The Morgan fingerprint density at radius 3 is 2.78 bits per heavy atom. The van der Waals surface area contributed by atoms with Crippen LogP contribution in [0, 0.1) is 0 Å². The zero-order valence-electron chi connectivity index (χ0n) is 10.9. The first-order chi connectivity index (χ1) is 8.73. The van der Waals surface area contributed by atoms with Gasteiger partial charge in [-0.25, -0.2) is 4.98 Å². The zero-order valence-corrected chi connectivity index (χ0v) is 11.7. The van der Waals surface area contributed by atoms with Crippen LogP contribution in [0.1, 0.15) is 29.5 Å². The van der Waals surface area contributed by atoms with Crippen LogP contribution in [0.5, 0.6) is 0 Å². The van der Waals surface area contributed by atoms with E-state index < -0.39 is 0 Å². The number of rotatable bonds is 3. The van der Waals surface area contributed by atoms with E-state index in [1.165, 1.54) is 30.9 Å². The van der Waals surface area contributed by atoms with Gasteiger partial charge < -0.3 is 15.4 Å². The molecule has 0 amide bonds. The van der Waals surface area contributed by atoms with Gasteiger partial charge in [-0.3, -0.25) is 0 Å². The number of nitrogens with zero attached hydrogens (tertiary/aromatic N) is 2. The number of aromatic nitrogens is 1. The third-order valence-electron chi connectivity index (χ3n) is 4.28. The molecule has 18 heavy (non-hydrogen) atoms. The number of thiazole rings is 1. The van der Waals surface area contributed by atoms with Crippen molar-refractivity contribution in [2.45, 2.75) is 24.2 Å². The van der Waals surface area contributed by atoms with E-state index in [2.05, 4.69) is 17.3 Å². The van der Waals surface area contributed by atoms with Crippen LogP contribution in [0.15, 0.2) is 5.38 Å². The van der Waals surface area contributed by atoms with Crippen molar-refractivity contribution in [3.05, 3.63) is 16.1 Å². The van der Waals surface area contributed by atoms with Gasteiger partial charge in [0.2, 0.25) is 0 Å². The van der Waals surface area contributed by atoms with Crippen LogP contribution >= 0.6 is 11.3 Å². The predicted octanol–water partition coefficient (Wildman–Crippen LogP) is 1.18. The summed E-state index contributed by atoms with van der Waals surface area (Å²) in [6.45, 7) is 4.49. The average molecular weight is 267 g/mol. The second-order valence-corrected chi connectivity index (χ2v) is 6.52. The minimum absolute atomic E-state index is 0.0141. The van der Waals surface area contributed by atoms with Crippen molar-refractivity contribution < 1.29 is 4.74 Å². The van der Waals surface area contributed by atoms with Crippen molar-refractivity contribution in [3.63, 3.8) is 0 Å². The maximum absolute atomic E-state index is 5.88. The fourth-order valence-corrected chi connectivity index (χ4v) is 3.81. The third-order valence-corrected chi connectivity index (χ3v) is 5.29. The summed E-state index contributed by atoms with van der Waals surface area (Å²) in [4.78, 5) is 7.26. The molecule has 0 aliphatic carbocycles. The van der Waals surface area contributed by atoms with Crippen LogP contribution < -0.4 is 5.73 Å². The standard InChI is InChI=1S/C13H21N3OS/c1-16-4-2-10(3-5-16)12-15-11(6-18-12)13(7-14)8-17-9-13/h6,10H,2-5,7-9,14H2,1H3. The first kappa shape index (κ1) is 12.5. The van der Waals surface area contributed by atoms with E-state index in [0.717, 1.165) is 18.9 Å². The normalized spacial score (nSPS) is 25.0. The van der Waals surface area contributed by atoms with Gasteiger partial charge in [-0.05, 0) is 33.0 Å². The lowest BCUT2D eigenvalue weighted by molar-refractivity contribution is -0.0569. The average Bonchev–Trinajstić information content (AvgIpc) is 2.79. The molecule has 4 nitrogen and oxygen atoms in total. The molecule has 100 valence electrons. The Morgan fingerprint density at radius 1 is 1.50 bits per heavy atom. The Bertz CT molecular complexity index is 403.